The Kier molecular flexibility index (Phi) is 6.64. The lowest BCUT2D eigenvalue weighted by Crippen LogP contribution is -2.41. The third-order valence-corrected chi connectivity index (χ3v) is 6.70. The summed E-state index contributed by atoms with van der Waals surface area (Å²) in [7, 11) is 0. The summed E-state index contributed by atoms with van der Waals surface area (Å²) in [6, 6.07) is 10.6. The predicted molar refractivity (Wildman–Crippen MR) is 126 cm³/mol. The quantitative estimate of drug-likeness (QED) is 0.514. The van der Waals surface area contributed by atoms with Gasteiger partial charge < -0.3 is 21.7 Å². The fraction of sp³-hybridized carbons (Fsp3) is 0.261. The van der Waals surface area contributed by atoms with Gasteiger partial charge in [-0.1, -0.05) is 23.5 Å². The topological polar surface area (TPSA) is 144 Å². The van der Waals surface area contributed by atoms with Crippen LogP contribution in [0.1, 0.15) is 39.3 Å². The highest BCUT2D eigenvalue weighted by Crippen LogP contribution is 2.32. The minimum atomic E-state index is -0.709. The lowest BCUT2D eigenvalue weighted by atomic mass is 9.90. The maximum Gasteiger partial charge on any atom is 0.314 e. The number of hydrogen-bond acceptors (Lipinski definition) is 6. The molecular weight excluding hydrogens is 440 g/mol. The molecule has 1 aliphatic heterocycles. The van der Waals surface area contributed by atoms with Crippen LogP contribution in [-0.2, 0) is 6.42 Å². The molecule has 9 nitrogen and oxygen atoms in total. The van der Waals surface area contributed by atoms with Gasteiger partial charge in [-0.25, -0.2) is 9.78 Å². The summed E-state index contributed by atoms with van der Waals surface area (Å²) in [5.74, 6) is -0.578. The number of rotatable bonds is 6. The van der Waals surface area contributed by atoms with Crippen molar-refractivity contribution in [2.45, 2.75) is 19.3 Å². The van der Waals surface area contributed by atoms with Gasteiger partial charge in [-0.15, -0.1) is 0 Å². The zero-order valence-electron chi connectivity index (χ0n) is 17.9. The first-order valence-electron chi connectivity index (χ1n) is 10.6. The van der Waals surface area contributed by atoms with Gasteiger partial charge in [-0.05, 0) is 55.0 Å². The van der Waals surface area contributed by atoms with Crippen molar-refractivity contribution < 1.29 is 14.4 Å². The molecule has 33 heavy (non-hydrogen) atoms. The molecule has 1 saturated heterocycles. The largest absolute Gasteiger partial charge is 0.364 e. The number of urea groups is 1. The molecule has 10 heteroatoms. The minimum Gasteiger partial charge on any atom is -0.364 e. The fourth-order valence-electron chi connectivity index (χ4n) is 3.85. The van der Waals surface area contributed by atoms with Crippen LogP contribution >= 0.6 is 11.3 Å². The van der Waals surface area contributed by atoms with E-state index < -0.39 is 5.91 Å². The van der Waals surface area contributed by atoms with Crippen LogP contribution < -0.4 is 16.8 Å². The van der Waals surface area contributed by atoms with Gasteiger partial charge in [0, 0.05) is 36.6 Å². The smallest absolute Gasteiger partial charge is 0.314 e. The van der Waals surface area contributed by atoms with E-state index in [0.717, 1.165) is 30.4 Å². The van der Waals surface area contributed by atoms with Crippen LogP contribution in [-0.4, -0.2) is 45.8 Å². The molecule has 0 bridgehead atoms. The van der Waals surface area contributed by atoms with E-state index in [1.165, 1.54) is 11.3 Å². The Morgan fingerprint density at radius 2 is 1.70 bits per heavy atom. The Bertz CT molecular complexity index is 1150. The fourth-order valence-corrected chi connectivity index (χ4v) is 4.82. The van der Waals surface area contributed by atoms with E-state index >= 15 is 0 Å². The minimum absolute atomic E-state index is 0.0269. The Morgan fingerprint density at radius 1 is 1.03 bits per heavy atom. The van der Waals surface area contributed by atoms with Crippen molar-refractivity contribution in [2.24, 2.45) is 17.4 Å². The first kappa shape index (κ1) is 22.4. The summed E-state index contributed by atoms with van der Waals surface area (Å²) in [5.41, 5.74) is 13.2. The van der Waals surface area contributed by atoms with Crippen molar-refractivity contribution in [1.29, 1.82) is 0 Å². The number of anilines is 1. The first-order valence-corrected chi connectivity index (χ1v) is 11.4. The molecule has 3 heterocycles. The van der Waals surface area contributed by atoms with Crippen molar-refractivity contribution in [3.8, 4) is 10.6 Å². The Morgan fingerprint density at radius 3 is 2.30 bits per heavy atom. The number of carbonyl (C=O) groups excluding carboxylic acids is 3. The molecule has 0 unspecified atom stereocenters. The maximum atomic E-state index is 12.8. The number of carbonyl (C=O) groups is 3. The second-order valence-electron chi connectivity index (χ2n) is 7.92. The summed E-state index contributed by atoms with van der Waals surface area (Å²) >= 11 is 1.18. The van der Waals surface area contributed by atoms with Crippen LogP contribution in [0.25, 0.3) is 10.6 Å². The van der Waals surface area contributed by atoms with Crippen LogP contribution in [0.3, 0.4) is 0 Å². The van der Waals surface area contributed by atoms with Gasteiger partial charge in [0.05, 0.1) is 0 Å². The van der Waals surface area contributed by atoms with Crippen LogP contribution in [0.4, 0.5) is 9.80 Å². The molecule has 3 aromatic rings. The number of likely N-dealkylation sites (tertiary alicyclic amines) is 1. The Balaban J connectivity index is 1.41. The van der Waals surface area contributed by atoms with Gasteiger partial charge in [0.1, 0.15) is 10.0 Å². The second kappa shape index (κ2) is 9.78. The van der Waals surface area contributed by atoms with E-state index in [4.69, 9.17) is 11.5 Å². The lowest BCUT2D eigenvalue weighted by Gasteiger charge is -2.30. The summed E-state index contributed by atoms with van der Waals surface area (Å²) in [5, 5.41) is 3.64. The molecule has 1 aromatic carbocycles. The van der Waals surface area contributed by atoms with Crippen molar-refractivity contribution in [3.05, 3.63) is 65.6 Å². The van der Waals surface area contributed by atoms with Crippen LogP contribution in [0.5, 0.6) is 0 Å². The molecule has 4 rings (SSSR count). The summed E-state index contributed by atoms with van der Waals surface area (Å²) in [4.78, 5) is 45.8. The molecule has 170 valence electrons. The van der Waals surface area contributed by atoms with E-state index in [1.54, 1.807) is 41.6 Å². The van der Waals surface area contributed by atoms with Gasteiger partial charge in [0.25, 0.3) is 11.8 Å². The Hall–Kier alpha value is -3.79. The molecule has 0 spiro atoms. The number of primary amides is 2. The van der Waals surface area contributed by atoms with Gasteiger partial charge >= 0.3 is 6.03 Å². The van der Waals surface area contributed by atoms with Crippen molar-refractivity contribution in [3.63, 3.8) is 0 Å². The van der Waals surface area contributed by atoms with Gasteiger partial charge in [0.2, 0.25) is 0 Å². The van der Waals surface area contributed by atoms with Crippen molar-refractivity contribution in [2.75, 3.05) is 18.4 Å². The van der Waals surface area contributed by atoms with Crippen LogP contribution in [0.2, 0.25) is 0 Å². The molecule has 0 atom stereocenters. The average molecular weight is 465 g/mol. The zero-order chi connectivity index (χ0) is 23.4. The molecule has 0 radical (unpaired) electrons. The second-order valence-corrected chi connectivity index (χ2v) is 8.92. The lowest BCUT2D eigenvalue weighted by molar-refractivity contribution is 0.0997. The molecule has 2 aromatic heterocycles. The van der Waals surface area contributed by atoms with Gasteiger partial charge in [0.15, 0.2) is 5.69 Å². The molecule has 0 aliphatic carbocycles. The number of piperidine rings is 1. The van der Waals surface area contributed by atoms with E-state index in [9.17, 15) is 14.4 Å². The number of benzene rings is 1. The van der Waals surface area contributed by atoms with Crippen LogP contribution in [0, 0.1) is 5.92 Å². The maximum absolute atomic E-state index is 12.8. The highest BCUT2D eigenvalue weighted by atomic mass is 32.1. The molecule has 1 aliphatic rings. The SMILES string of the molecule is NC(=O)c1nc(-c2ccncc2)sc1NC(=O)c1ccc(CC2CCN(C(N)=O)CC2)cc1. The summed E-state index contributed by atoms with van der Waals surface area (Å²) < 4.78 is 0. The normalized spacial score (nSPS) is 14.1. The summed E-state index contributed by atoms with van der Waals surface area (Å²) in [6.07, 6.45) is 5.95. The number of hydrogen-bond donors (Lipinski definition) is 3. The van der Waals surface area contributed by atoms with E-state index in [1.807, 2.05) is 12.1 Å². The molecule has 1 fully saturated rings. The number of amides is 4. The third kappa shape index (κ3) is 5.35. The van der Waals surface area contributed by atoms with Gasteiger partial charge in [-0.2, -0.15) is 0 Å². The van der Waals surface area contributed by atoms with Gasteiger partial charge in [-0.3, -0.25) is 14.6 Å². The van der Waals surface area contributed by atoms with Crippen LogP contribution in [0.15, 0.2) is 48.8 Å². The monoisotopic (exact) mass is 464 g/mol. The van der Waals surface area contributed by atoms with E-state index in [0.29, 0.717) is 34.6 Å². The summed E-state index contributed by atoms with van der Waals surface area (Å²) in [6.45, 7) is 1.36. The number of nitrogens with zero attached hydrogens (tertiary/aromatic N) is 3. The Labute approximate surface area is 194 Å². The van der Waals surface area contributed by atoms with Crippen molar-refractivity contribution >= 4 is 34.2 Å². The highest BCUT2D eigenvalue weighted by molar-refractivity contribution is 7.19. The predicted octanol–water partition coefficient (Wildman–Crippen LogP) is 2.89. The average Bonchev–Trinajstić information content (AvgIpc) is 3.24. The zero-order valence-corrected chi connectivity index (χ0v) is 18.7. The number of aromatic nitrogens is 2. The molecule has 0 saturated carbocycles. The van der Waals surface area contributed by atoms with Crippen molar-refractivity contribution in [1.82, 2.24) is 14.9 Å². The molecular formula is C23H24N6O3S. The highest BCUT2D eigenvalue weighted by Gasteiger charge is 2.22. The number of nitrogens with two attached hydrogens (primary N) is 2. The third-order valence-electron chi connectivity index (χ3n) is 5.68. The molecule has 4 amide bonds. The number of thiazole rings is 1. The van der Waals surface area contributed by atoms with E-state index in [-0.39, 0.29) is 17.6 Å². The standard InChI is InChI=1S/C23H24N6O3S/c24-19(30)18-22(33-21(27-18)17-5-9-26-10-6-17)28-20(31)16-3-1-14(2-4-16)13-15-7-11-29(12-8-15)23(25)32/h1-6,9-10,15H,7-8,11-13H2,(H2,24,30)(H2,25,32)(H,28,31). The number of nitrogens with one attached hydrogen (secondary N) is 1. The molecule has 5 N–H and O–H groups in total. The first-order chi connectivity index (χ1) is 15.9. The number of pyridine rings is 1. The van der Waals surface area contributed by atoms with E-state index in [2.05, 4.69) is 15.3 Å².